The van der Waals surface area contributed by atoms with Gasteiger partial charge in [-0.05, 0) is 49.0 Å². The van der Waals surface area contributed by atoms with Gasteiger partial charge in [0.2, 0.25) is 0 Å². The molecule has 7 heteroatoms. The van der Waals surface area contributed by atoms with Crippen LogP contribution in [0.5, 0.6) is 0 Å². The van der Waals surface area contributed by atoms with Crippen LogP contribution in [-0.4, -0.2) is 29.0 Å². The monoisotopic (exact) mass is 408 g/mol. The fraction of sp³-hybridized carbons (Fsp3) is 0.182. The second-order valence-corrected chi connectivity index (χ2v) is 7.64. The summed E-state index contributed by atoms with van der Waals surface area (Å²) >= 11 is 0. The molecule has 1 unspecified atom stereocenters. The summed E-state index contributed by atoms with van der Waals surface area (Å²) in [5, 5.41) is 5.62. The number of nitrogens with one attached hydrogen (secondary N) is 2. The molecule has 4 aromatic rings. The van der Waals surface area contributed by atoms with Crippen LogP contribution in [-0.2, 0) is 0 Å². The number of amides is 1. The molecule has 29 heavy (non-hydrogen) atoms. The summed E-state index contributed by atoms with van der Waals surface area (Å²) in [6, 6.07) is 12.1. The summed E-state index contributed by atoms with van der Waals surface area (Å²) in [7, 11) is 2.67. The van der Waals surface area contributed by atoms with Crippen LogP contribution in [0.4, 0.5) is 4.39 Å². The van der Waals surface area contributed by atoms with Crippen LogP contribution in [0.3, 0.4) is 0 Å². The van der Waals surface area contributed by atoms with Crippen molar-refractivity contribution >= 4 is 42.3 Å². The van der Waals surface area contributed by atoms with Gasteiger partial charge in [-0.3, -0.25) is 4.79 Å². The zero-order chi connectivity index (χ0) is 20.4. The maximum absolute atomic E-state index is 13.9. The molecule has 2 aromatic heterocycles. The number of pyridine rings is 1. The summed E-state index contributed by atoms with van der Waals surface area (Å²) < 4.78 is 13.9. The van der Waals surface area contributed by atoms with E-state index in [-0.39, 0.29) is 11.7 Å². The van der Waals surface area contributed by atoms with Crippen molar-refractivity contribution in [3.63, 3.8) is 0 Å². The van der Waals surface area contributed by atoms with Gasteiger partial charge in [-0.25, -0.2) is 9.37 Å². The number of benzene rings is 2. The first-order chi connectivity index (χ1) is 14.1. The number of aromatic amines is 1. The van der Waals surface area contributed by atoms with Crippen LogP contribution in [0.15, 0.2) is 48.7 Å². The lowest BCUT2D eigenvalue weighted by Gasteiger charge is -2.10. The number of rotatable bonds is 6. The molecule has 0 bridgehead atoms. The fourth-order valence-electron chi connectivity index (χ4n) is 3.45. The Kier molecular flexibility index (Phi) is 5.56. The lowest BCUT2D eigenvalue weighted by atomic mass is 10.0. The highest BCUT2D eigenvalue weighted by atomic mass is 31.0. The molecule has 0 spiro atoms. The first-order valence-corrected chi connectivity index (χ1v) is 10.1. The average molecular weight is 408 g/mol. The van der Waals surface area contributed by atoms with Crippen molar-refractivity contribution in [3.05, 3.63) is 60.0 Å². The highest BCUT2D eigenvalue weighted by Gasteiger charge is 2.16. The third-order valence-electron chi connectivity index (χ3n) is 4.91. The largest absolute Gasteiger partial charge is 0.360 e. The molecule has 148 valence electrons. The molecule has 1 atom stereocenters. The van der Waals surface area contributed by atoms with Gasteiger partial charge in [-0.2, -0.15) is 0 Å². The number of carbonyl (C=O) groups is 1. The predicted molar refractivity (Wildman–Crippen MR) is 119 cm³/mol. The van der Waals surface area contributed by atoms with E-state index in [0.717, 1.165) is 34.6 Å². The maximum atomic E-state index is 13.9. The highest BCUT2D eigenvalue weighted by molar-refractivity contribution is 7.27. The van der Waals surface area contributed by atoms with Crippen LogP contribution in [0.25, 0.3) is 33.1 Å². The molecule has 4 rings (SSSR count). The number of aromatic nitrogens is 2. The summed E-state index contributed by atoms with van der Waals surface area (Å²) in [4.78, 5) is 20.7. The molecular weight excluding hydrogens is 386 g/mol. The van der Waals surface area contributed by atoms with Gasteiger partial charge in [0.15, 0.2) is 0 Å². The SMILES string of the molecule is NCCCCNC(=O)c1cc(-c2c[nH]c3cc(P)ccc23)nc2cc(F)ccc12. The van der Waals surface area contributed by atoms with E-state index in [1.54, 1.807) is 12.1 Å². The molecule has 2 heterocycles. The topological polar surface area (TPSA) is 83.8 Å². The smallest absolute Gasteiger partial charge is 0.252 e. The van der Waals surface area contributed by atoms with E-state index in [1.165, 1.54) is 12.1 Å². The number of nitrogens with zero attached hydrogens (tertiary/aromatic N) is 1. The van der Waals surface area contributed by atoms with Crippen LogP contribution in [0, 0.1) is 5.82 Å². The van der Waals surface area contributed by atoms with Gasteiger partial charge in [0, 0.05) is 40.7 Å². The molecule has 4 N–H and O–H groups in total. The van der Waals surface area contributed by atoms with Gasteiger partial charge < -0.3 is 16.0 Å². The average Bonchev–Trinajstić information content (AvgIpc) is 3.13. The Bertz CT molecular complexity index is 1200. The normalized spacial score (nSPS) is 11.3. The van der Waals surface area contributed by atoms with Crippen molar-refractivity contribution in [2.24, 2.45) is 5.73 Å². The summed E-state index contributed by atoms with van der Waals surface area (Å²) in [5.41, 5.74) is 8.91. The number of fused-ring (bicyclic) bond motifs is 2. The van der Waals surface area contributed by atoms with Gasteiger partial charge in [0.05, 0.1) is 16.8 Å². The van der Waals surface area contributed by atoms with Crippen molar-refractivity contribution < 1.29 is 9.18 Å². The van der Waals surface area contributed by atoms with Crippen LogP contribution < -0.4 is 16.4 Å². The lowest BCUT2D eigenvalue weighted by molar-refractivity contribution is 0.0954. The number of halogens is 1. The number of nitrogens with two attached hydrogens (primary N) is 1. The van der Waals surface area contributed by atoms with Crippen LogP contribution in [0.2, 0.25) is 0 Å². The highest BCUT2D eigenvalue weighted by Crippen LogP contribution is 2.30. The molecular formula is C22H22FN4OP. The van der Waals surface area contributed by atoms with Crippen molar-refractivity contribution in [2.75, 3.05) is 13.1 Å². The van der Waals surface area contributed by atoms with E-state index in [9.17, 15) is 9.18 Å². The van der Waals surface area contributed by atoms with Gasteiger partial charge in [0.25, 0.3) is 5.91 Å². The Labute approximate surface area is 170 Å². The Balaban J connectivity index is 1.81. The molecule has 0 radical (unpaired) electrons. The van der Waals surface area contributed by atoms with Crippen molar-refractivity contribution in [1.29, 1.82) is 0 Å². The van der Waals surface area contributed by atoms with E-state index < -0.39 is 0 Å². The van der Waals surface area contributed by atoms with Crippen molar-refractivity contribution in [1.82, 2.24) is 15.3 Å². The Morgan fingerprint density at radius 1 is 1.14 bits per heavy atom. The van der Waals surface area contributed by atoms with Crippen molar-refractivity contribution in [3.8, 4) is 11.3 Å². The maximum Gasteiger partial charge on any atom is 0.252 e. The third-order valence-corrected chi connectivity index (χ3v) is 5.27. The van der Waals surface area contributed by atoms with Crippen LogP contribution >= 0.6 is 9.24 Å². The standard InChI is InChI=1S/C22H22FN4OP/c23-13-3-5-15-17(22(28)25-8-2-1-7-24)11-21(27-20(15)9-13)18-12-26-19-10-14(29)4-6-16(18)19/h3-6,9-12,26H,1-2,7-8,24,29H2,(H,25,28). The number of carbonyl (C=O) groups excluding carboxylic acids is 1. The lowest BCUT2D eigenvalue weighted by Crippen LogP contribution is -2.25. The van der Waals surface area contributed by atoms with E-state index >= 15 is 0 Å². The second kappa shape index (κ2) is 8.27. The molecule has 5 nitrogen and oxygen atoms in total. The Hall–Kier alpha value is -2.82. The molecule has 0 fully saturated rings. The minimum absolute atomic E-state index is 0.200. The van der Waals surface area contributed by atoms with Gasteiger partial charge in [-0.15, -0.1) is 9.24 Å². The number of hydrogen-bond acceptors (Lipinski definition) is 3. The van der Waals surface area contributed by atoms with E-state index in [2.05, 4.69) is 24.5 Å². The summed E-state index contributed by atoms with van der Waals surface area (Å²) in [6.45, 7) is 1.14. The van der Waals surface area contributed by atoms with E-state index in [4.69, 9.17) is 5.73 Å². The first-order valence-electron chi connectivity index (χ1n) is 9.52. The molecule has 1 amide bonds. The van der Waals surface area contributed by atoms with Gasteiger partial charge in [-0.1, -0.05) is 12.1 Å². The van der Waals surface area contributed by atoms with E-state index in [0.29, 0.717) is 35.2 Å². The number of H-pyrrole nitrogens is 1. The Morgan fingerprint density at radius 2 is 1.97 bits per heavy atom. The molecule has 0 aliphatic heterocycles. The molecule has 0 saturated heterocycles. The zero-order valence-electron chi connectivity index (χ0n) is 15.8. The summed E-state index contributed by atoms with van der Waals surface area (Å²) in [6.07, 6.45) is 3.53. The Morgan fingerprint density at radius 3 is 2.79 bits per heavy atom. The number of hydrogen-bond donors (Lipinski definition) is 3. The first kappa shape index (κ1) is 19.5. The fourth-order valence-corrected chi connectivity index (χ4v) is 3.71. The van der Waals surface area contributed by atoms with Crippen LogP contribution in [0.1, 0.15) is 23.2 Å². The molecule has 0 aliphatic carbocycles. The third kappa shape index (κ3) is 4.00. The molecule has 2 aromatic carbocycles. The molecule has 0 saturated carbocycles. The number of unbranched alkanes of at least 4 members (excludes halogenated alkanes) is 1. The zero-order valence-corrected chi connectivity index (χ0v) is 17.0. The predicted octanol–water partition coefficient (Wildman–Crippen LogP) is 3.49. The van der Waals surface area contributed by atoms with Gasteiger partial charge >= 0.3 is 0 Å². The van der Waals surface area contributed by atoms with Crippen molar-refractivity contribution in [2.45, 2.75) is 12.8 Å². The minimum Gasteiger partial charge on any atom is -0.360 e. The minimum atomic E-state index is -0.386. The quantitative estimate of drug-likeness (QED) is 0.337. The molecule has 0 aliphatic rings. The van der Waals surface area contributed by atoms with Gasteiger partial charge in [0.1, 0.15) is 5.82 Å². The summed E-state index contributed by atoms with van der Waals surface area (Å²) in [5.74, 6) is -0.586. The second-order valence-electron chi connectivity index (χ2n) is 6.98. The van der Waals surface area contributed by atoms with E-state index in [1.807, 2.05) is 24.4 Å².